The van der Waals surface area contributed by atoms with Gasteiger partial charge >= 0.3 is 12.0 Å². The molecule has 2 rings (SSSR count). The van der Waals surface area contributed by atoms with E-state index in [1.807, 2.05) is 0 Å². The van der Waals surface area contributed by atoms with Crippen LogP contribution in [0.4, 0.5) is 4.79 Å². The first-order valence-corrected chi connectivity index (χ1v) is 7.57. The molecule has 2 aliphatic rings. The SMILES string of the molecule is O=C(O)[C@H]1CCCN1C(=O)NCCOC1CCCCC1. The van der Waals surface area contributed by atoms with Crippen molar-refractivity contribution in [2.75, 3.05) is 19.7 Å². The number of likely N-dealkylation sites (tertiary alicyclic amines) is 1. The number of nitrogens with one attached hydrogen (secondary N) is 1. The first-order chi connectivity index (χ1) is 9.68. The summed E-state index contributed by atoms with van der Waals surface area (Å²) in [6, 6.07) is -0.962. The van der Waals surface area contributed by atoms with Gasteiger partial charge in [0.05, 0.1) is 12.7 Å². The summed E-state index contributed by atoms with van der Waals surface area (Å²) in [5.41, 5.74) is 0. The van der Waals surface area contributed by atoms with Crippen molar-refractivity contribution < 1.29 is 19.4 Å². The van der Waals surface area contributed by atoms with Gasteiger partial charge in [0, 0.05) is 13.1 Å². The quantitative estimate of drug-likeness (QED) is 0.752. The summed E-state index contributed by atoms with van der Waals surface area (Å²) < 4.78 is 5.72. The average Bonchev–Trinajstić information content (AvgIpc) is 2.94. The monoisotopic (exact) mass is 284 g/mol. The highest BCUT2D eigenvalue weighted by Gasteiger charge is 2.33. The van der Waals surface area contributed by atoms with Crippen molar-refractivity contribution in [1.29, 1.82) is 0 Å². The average molecular weight is 284 g/mol. The van der Waals surface area contributed by atoms with Gasteiger partial charge in [0.2, 0.25) is 0 Å². The molecule has 0 aromatic heterocycles. The minimum Gasteiger partial charge on any atom is -0.480 e. The molecule has 0 aromatic carbocycles. The zero-order valence-corrected chi connectivity index (χ0v) is 11.8. The van der Waals surface area contributed by atoms with Crippen LogP contribution in [0, 0.1) is 0 Å². The lowest BCUT2D eigenvalue weighted by Crippen LogP contribution is -2.46. The fraction of sp³-hybridized carbons (Fsp3) is 0.857. The predicted octanol–water partition coefficient (Wildman–Crippen LogP) is 1.59. The van der Waals surface area contributed by atoms with Crippen LogP contribution in [0.25, 0.3) is 0 Å². The molecule has 0 spiro atoms. The van der Waals surface area contributed by atoms with Crippen LogP contribution < -0.4 is 5.32 Å². The number of hydrogen-bond acceptors (Lipinski definition) is 3. The maximum atomic E-state index is 11.9. The van der Waals surface area contributed by atoms with Gasteiger partial charge in [0.1, 0.15) is 6.04 Å². The van der Waals surface area contributed by atoms with Crippen LogP contribution in [0.15, 0.2) is 0 Å². The van der Waals surface area contributed by atoms with Gasteiger partial charge in [-0.15, -0.1) is 0 Å². The highest BCUT2D eigenvalue weighted by Crippen LogP contribution is 2.20. The van der Waals surface area contributed by atoms with E-state index in [-0.39, 0.29) is 6.03 Å². The number of rotatable bonds is 5. The topological polar surface area (TPSA) is 78.9 Å². The third kappa shape index (κ3) is 4.10. The smallest absolute Gasteiger partial charge is 0.326 e. The molecule has 1 saturated carbocycles. The summed E-state index contributed by atoms with van der Waals surface area (Å²) in [7, 11) is 0. The molecule has 1 saturated heterocycles. The molecule has 0 radical (unpaired) electrons. The lowest BCUT2D eigenvalue weighted by Gasteiger charge is -2.24. The van der Waals surface area contributed by atoms with Crippen LogP contribution in [0.2, 0.25) is 0 Å². The largest absolute Gasteiger partial charge is 0.480 e. The van der Waals surface area contributed by atoms with Crippen molar-refractivity contribution in [3.8, 4) is 0 Å². The summed E-state index contributed by atoms with van der Waals surface area (Å²) in [6.45, 7) is 1.46. The van der Waals surface area contributed by atoms with Crippen LogP contribution in [-0.2, 0) is 9.53 Å². The molecule has 0 aromatic rings. The summed E-state index contributed by atoms with van der Waals surface area (Å²) >= 11 is 0. The number of nitrogens with zero attached hydrogens (tertiary/aromatic N) is 1. The Labute approximate surface area is 119 Å². The lowest BCUT2D eigenvalue weighted by molar-refractivity contribution is -0.141. The molecule has 6 nitrogen and oxygen atoms in total. The standard InChI is InChI=1S/C14H24N2O4/c17-13(18)12-7-4-9-16(12)14(19)15-8-10-20-11-5-2-1-3-6-11/h11-12H,1-10H2,(H,15,19)(H,17,18)/t12-/m1/s1. The van der Waals surface area contributed by atoms with E-state index in [1.54, 1.807) is 0 Å². The molecule has 1 heterocycles. The fourth-order valence-electron chi connectivity index (χ4n) is 2.98. The van der Waals surface area contributed by atoms with Gasteiger partial charge in [0.15, 0.2) is 0 Å². The van der Waals surface area contributed by atoms with Crippen LogP contribution in [0.5, 0.6) is 0 Å². The Hall–Kier alpha value is -1.30. The molecule has 6 heteroatoms. The number of amides is 2. The third-order valence-corrected chi connectivity index (χ3v) is 4.08. The van der Waals surface area contributed by atoms with Crippen molar-refractivity contribution in [2.24, 2.45) is 0 Å². The second-order valence-electron chi connectivity index (χ2n) is 5.55. The van der Waals surface area contributed by atoms with Crippen molar-refractivity contribution in [2.45, 2.75) is 57.1 Å². The van der Waals surface area contributed by atoms with Gasteiger partial charge in [-0.2, -0.15) is 0 Å². The van der Waals surface area contributed by atoms with Crippen molar-refractivity contribution in [1.82, 2.24) is 10.2 Å². The minimum atomic E-state index is -0.920. The van der Waals surface area contributed by atoms with Gasteiger partial charge < -0.3 is 20.1 Å². The number of hydrogen-bond donors (Lipinski definition) is 2. The molecule has 2 N–H and O–H groups in total. The number of carboxylic acids is 1. The minimum absolute atomic E-state index is 0.290. The van der Waals surface area contributed by atoms with Crippen LogP contribution in [0.1, 0.15) is 44.9 Å². The van der Waals surface area contributed by atoms with E-state index in [0.29, 0.717) is 32.2 Å². The Morgan fingerprint density at radius 2 is 1.90 bits per heavy atom. The van der Waals surface area contributed by atoms with Crippen molar-refractivity contribution >= 4 is 12.0 Å². The van der Waals surface area contributed by atoms with Gasteiger partial charge in [0.25, 0.3) is 0 Å². The summed E-state index contributed by atoms with van der Waals surface area (Å²) in [6.07, 6.45) is 7.60. The molecule has 2 amide bonds. The van der Waals surface area contributed by atoms with E-state index in [9.17, 15) is 9.59 Å². The first kappa shape index (κ1) is 15.1. The van der Waals surface area contributed by atoms with E-state index in [0.717, 1.165) is 19.3 Å². The summed E-state index contributed by atoms with van der Waals surface area (Å²) in [5.74, 6) is -0.920. The molecular weight excluding hydrogens is 260 g/mol. The molecule has 0 unspecified atom stereocenters. The lowest BCUT2D eigenvalue weighted by atomic mass is 9.98. The molecule has 2 fully saturated rings. The van der Waals surface area contributed by atoms with E-state index < -0.39 is 12.0 Å². The second-order valence-corrected chi connectivity index (χ2v) is 5.55. The van der Waals surface area contributed by atoms with Crippen LogP contribution in [-0.4, -0.2) is 53.8 Å². The molecule has 114 valence electrons. The van der Waals surface area contributed by atoms with E-state index in [2.05, 4.69) is 5.32 Å². The molecule has 1 atom stereocenters. The fourth-order valence-corrected chi connectivity index (χ4v) is 2.98. The number of carboxylic acid groups (broad SMARTS) is 1. The van der Waals surface area contributed by atoms with E-state index >= 15 is 0 Å². The molecule has 20 heavy (non-hydrogen) atoms. The Balaban J connectivity index is 1.63. The number of aliphatic carboxylic acids is 1. The zero-order chi connectivity index (χ0) is 14.4. The highest BCUT2D eigenvalue weighted by atomic mass is 16.5. The maximum absolute atomic E-state index is 11.9. The first-order valence-electron chi connectivity index (χ1n) is 7.57. The molecule has 1 aliphatic carbocycles. The third-order valence-electron chi connectivity index (χ3n) is 4.08. The Bertz CT molecular complexity index is 342. The number of urea groups is 1. The number of carbonyl (C=O) groups excluding carboxylic acids is 1. The van der Waals surface area contributed by atoms with Crippen molar-refractivity contribution in [3.05, 3.63) is 0 Å². The second kappa shape index (κ2) is 7.47. The van der Waals surface area contributed by atoms with E-state index in [1.165, 1.54) is 24.2 Å². The van der Waals surface area contributed by atoms with Crippen LogP contribution >= 0.6 is 0 Å². The van der Waals surface area contributed by atoms with Gasteiger partial charge in [-0.25, -0.2) is 9.59 Å². The van der Waals surface area contributed by atoms with Gasteiger partial charge in [-0.1, -0.05) is 19.3 Å². The molecule has 0 bridgehead atoms. The highest BCUT2D eigenvalue weighted by molar-refractivity contribution is 5.83. The Morgan fingerprint density at radius 1 is 1.15 bits per heavy atom. The Morgan fingerprint density at radius 3 is 2.60 bits per heavy atom. The predicted molar refractivity (Wildman–Crippen MR) is 73.6 cm³/mol. The number of carbonyl (C=O) groups is 2. The molecule has 1 aliphatic heterocycles. The van der Waals surface area contributed by atoms with Gasteiger partial charge in [-0.3, -0.25) is 0 Å². The van der Waals surface area contributed by atoms with Crippen LogP contribution in [0.3, 0.4) is 0 Å². The maximum Gasteiger partial charge on any atom is 0.326 e. The van der Waals surface area contributed by atoms with E-state index in [4.69, 9.17) is 9.84 Å². The number of ether oxygens (including phenoxy) is 1. The zero-order valence-electron chi connectivity index (χ0n) is 11.8. The van der Waals surface area contributed by atoms with Gasteiger partial charge in [-0.05, 0) is 25.7 Å². The van der Waals surface area contributed by atoms with Crippen molar-refractivity contribution in [3.63, 3.8) is 0 Å². The summed E-state index contributed by atoms with van der Waals surface area (Å²) in [4.78, 5) is 24.3. The Kier molecular flexibility index (Phi) is 5.64. The molecular formula is C14H24N2O4. The summed E-state index contributed by atoms with van der Waals surface area (Å²) in [5, 5.41) is 11.8. The normalized spacial score (nSPS) is 23.8.